The lowest BCUT2D eigenvalue weighted by molar-refractivity contribution is 0.659. The van der Waals surface area contributed by atoms with Gasteiger partial charge in [-0.2, -0.15) is 0 Å². The highest BCUT2D eigenvalue weighted by atomic mass is 15.1. The first-order chi connectivity index (χ1) is 40.2. The predicted octanol–water partition coefficient (Wildman–Crippen LogP) is 20.7. The van der Waals surface area contributed by atoms with Gasteiger partial charge in [-0.1, -0.05) is 173 Å². The van der Waals surface area contributed by atoms with Crippen molar-refractivity contribution in [2.24, 2.45) is 0 Å². The third-order valence-corrected chi connectivity index (χ3v) is 18.6. The van der Waals surface area contributed by atoms with E-state index < -0.39 is 0 Å². The lowest BCUT2D eigenvalue weighted by Crippen LogP contribution is -2.18. The Balaban J connectivity index is 0.782. The average Bonchev–Trinajstić information content (AvgIpc) is 4.03. The van der Waals surface area contributed by atoms with Crippen LogP contribution >= 0.6 is 0 Å². The molecule has 0 bridgehead atoms. The molecular formula is C78H56N4. The highest BCUT2D eigenvalue weighted by Crippen LogP contribution is 2.54. The van der Waals surface area contributed by atoms with Crippen molar-refractivity contribution >= 4 is 82.5 Å². The fraction of sp³-hybridized carbons (Fsp3) is 0.0769. The van der Waals surface area contributed by atoms with Gasteiger partial charge in [-0.3, -0.25) is 0 Å². The van der Waals surface area contributed by atoms with Crippen molar-refractivity contribution in [1.29, 1.82) is 0 Å². The number of hydrogen-bond acceptors (Lipinski definition) is 1. The Kier molecular flexibility index (Phi) is 9.79. The number of aromatic nitrogens is 3. The van der Waals surface area contributed by atoms with Gasteiger partial charge in [-0.05, 0) is 177 Å². The number of rotatable bonds is 7. The van der Waals surface area contributed by atoms with Crippen LogP contribution in [0.4, 0.5) is 17.1 Å². The summed E-state index contributed by atoms with van der Waals surface area (Å²) in [7, 11) is 0. The first kappa shape index (κ1) is 46.7. The molecule has 4 nitrogen and oxygen atoms in total. The molecule has 3 aromatic heterocycles. The lowest BCUT2D eigenvalue weighted by atomic mass is 9.81. The number of hydrogen-bond donors (Lipinski definition) is 0. The van der Waals surface area contributed by atoms with Crippen molar-refractivity contribution in [1.82, 2.24) is 13.7 Å². The molecule has 15 aromatic rings. The summed E-state index contributed by atoms with van der Waals surface area (Å²) in [4.78, 5) is 2.49. The summed E-state index contributed by atoms with van der Waals surface area (Å²) >= 11 is 0. The van der Waals surface area contributed by atoms with Gasteiger partial charge in [0.1, 0.15) is 0 Å². The van der Waals surface area contributed by atoms with Crippen LogP contribution in [0, 0.1) is 0 Å². The fourth-order valence-corrected chi connectivity index (χ4v) is 14.6. The first-order valence-electron chi connectivity index (χ1n) is 28.7. The van der Waals surface area contributed by atoms with Crippen molar-refractivity contribution in [3.63, 3.8) is 0 Å². The van der Waals surface area contributed by atoms with Gasteiger partial charge >= 0.3 is 0 Å². The zero-order chi connectivity index (χ0) is 54.6. The maximum Gasteiger partial charge on any atom is 0.0541 e. The van der Waals surface area contributed by atoms with Crippen molar-refractivity contribution in [2.45, 2.75) is 38.5 Å². The van der Waals surface area contributed by atoms with Crippen LogP contribution in [-0.2, 0) is 10.8 Å². The number of fused-ring (bicyclic) bond motifs is 15. The maximum absolute atomic E-state index is 2.49. The number of anilines is 3. The highest BCUT2D eigenvalue weighted by Gasteiger charge is 2.39. The van der Waals surface area contributed by atoms with Crippen molar-refractivity contribution in [3.8, 4) is 50.4 Å². The summed E-state index contributed by atoms with van der Waals surface area (Å²) in [6, 6.07) is 99.6. The molecule has 0 radical (unpaired) electrons. The monoisotopic (exact) mass is 1050 g/mol. The van der Waals surface area contributed by atoms with Crippen molar-refractivity contribution in [3.05, 3.63) is 289 Å². The Hall–Kier alpha value is -10.2. The molecule has 0 saturated heterocycles. The molecule has 4 heteroatoms. The van der Waals surface area contributed by atoms with E-state index in [1.807, 2.05) is 0 Å². The smallest absolute Gasteiger partial charge is 0.0541 e. The number of nitrogens with zero attached hydrogens (tertiary/aromatic N) is 4. The standard InChI is InChI=1S/C78H56N4/c1-77(2)67-45-50(49-31-43-76-66(44-49)65-24-12-17-29-75(65)80(76)51-18-6-5-7-19-51)30-39-57(67)58-40-36-54(46-68(58)77)79(52-32-34-53(35-33-52)81-71-25-13-8-20-61(71)62-21-9-14-26-72(62)81)55-37-41-59-60-42-38-56(48-70(60)78(3,4)69(59)47-55)82-73-27-15-10-22-63(73)64-23-11-16-28-74(64)82/h5-48H,1-4H3. The molecular weight excluding hydrogens is 993 g/mol. The van der Waals surface area contributed by atoms with Crippen molar-refractivity contribution in [2.75, 3.05) is 4.90 Å². The molecule has 0 atom stereocenters. The summed E-state index contributed by atoms with van der Waals surface area (Å²) in [5, 5.41) is 7.59. The minimum absolute atomic E-state index is 0.272. The Morgan fingerprint density at radius 3 is 1.07 bits per heavy atom. The van der Waals surface area contributed by atoms with Crippen molar-refractivity contribution < 1.29 is 0 Å². The van der Waals surface area contributed by atoms with Gasteiger partial charge in [0.05, 0.1) is 33.1 Å². The molecule has 0 N–H and O–H groups in total. The van der Waals surface area contributed by atoms with E-state index in [4.69, 9.17) is 0 Å². The summed E-state index contributed by atoms with van der Waals surface area (Å²) in [6.07, 6.45) is 0. The van der Waals surface area contributed by atoms with Gasteiger partial charge < -0.3 is 18.6 Å². The molecule has 0 aliphatic heterocycles. The van der Waals surface area contributed by atoms with Crippen LogP contribution in [0.15, 0.2) is 267 Å². The molecule has 82 heavy (non-hydrogen) atoms. The van der Waals surface area contributed by atoms with E-state index in [9.17, 15) is 0 Å². The Morgan fingerprint density at radius 2 is 0.573 bits per heavy atom. The van der Waals surface area contributed by atoms with E-state index in [0.717, 1.165) is 22.7 Å². The van der Waals surface area contributed by atoms with E-state index in [1.54, 1.807) is 0 Å². The summed E-state index contributed by atoms with van der Waals surface area (Å²) in [5.74, 6) is 0. The molecule has 388 valence electrons. The normalized spacial score (nSPS) is 13.8. The molecule has 0 unspecified atom stereocenters. The van der Waals surface area contributed by atoms with Crippen LogP contribution in [-0.4, -0.2) is 13.7 Å². The predicted molar refractivity (Wildman–Crippen MR) is 345 cm³/mol. The average molecular weight is 1050 g/mol. The van der Waals surface area contributed by atoms with E-state index in [1.165, 1.54) is 132 Å². The quantitative estimate of drug-likeness (QED) is 0.156. The van der Waals surface area contributed by atoms with Gasteiger partial charge in [0, 0.05) is 77.3 Å². The third kappa shape index (κ3) is 6.61. The van der Waals surface area contributed by atoms with Crippen LogP contribution in [0.3, 0.4) is 0 Å². The SMILES string of the molecule is CC1(C)c2cc(-c3ccc4c(c3)c3ccccc3n4-c3ccccc3)ccc2-c2ccc(N(c3ccc(-n4c5ccccc5c5ccccc54)cc3)c3ccc4c(c3)C(C)(C)c3cc(-n5c6ccccc6c6ccccc65)ccc3-4)cc21. The van der Waals surface area contributed by atoms with Gasteiger partial charge in [-0.25, -0.2) is 0 Å². The van der Waals surface area contributed by atoms with Crippen LogP contribution in [0.25, 0.3) is 116 Å². The Bertz CT molecular complexity index is 5050. The van der Waals surface area contributed by atoms with E-state index in [2.05, 4.69) is 313 Å². The second-order valence-corrected chi connectivity index (χ2v) is 23.7. The Morgan fingerprint density at radius 1 is 0.244 bits per heavy atom. The Labute approximate surface area is 476 Å². The molecule has 17 rings (SSSR count). The second-order valence-electron chi connectivity index (χ2n) is 23.7. The van der Waals surface area contributed by atoms with Crippen LogP contribution in [0.1, 0.15) is 49.9 Å². The van der Waals surface area contributed by atoms with Gasteiger partial charge in [0.15, 0.2) is 0 Å². The fourth-order valence-electron chi connectivity index (χ4n) is 14.6. The summed E-state index contributed by atoms with van der Waals surface area (Å²) in [6.45, 7) is 9.64. The van der Waals surface area contributed by atoms with Gasteiger partial charge in [-0.15, -0.1) is 0 Å². The minimum Gasteiger partial charge on any atom is -0.310 e. The molecule has 0 spiro atoms. The first-order valence-corrected chi connectivity index (χ1v) is 28.7. The summed E-state index contributed by atoms with van der Waals surface area (Å²) < 4.78 is 7.25. The zero-order valence-corrected chi connectivity index (χ0v) is 46.2. The molecule has 0 amide bonds. The van der Waals surface area contributed by atoms with Gasteiger partial charge in [0.25, 0.3) is 0 Å². The summed E-state index contributed by atoms with van der Waals surface area (Å²) in [5.41, 5.74) is 26.6. The zero-order valence-electron chi connectivity index (χ0n) is 46.2. The van der Waals surface area contributed by atoms with E-state index in [0.29, 0.717) is 0 Å². The lowest BCUT2D eigenvalue weighted by Gasteiger charge is -2.30. The van der Waals surface area contributed by atoms with Gasteiger partial charge in [0.2, 0.25) is 0 Å². The highest BCUT2D eigenvalue weighted by molar-refractivity contribution is 6.12. The maximum atomic E-state index is 2.49. The third-order valence-electron chi connectivity index (χ3n) is 18.6. The number of benzene rings is 12. The van der Waals surface area contributed by atoms with E-state index >= 15 is 0 Å². The van der Waals surface area contributed by atoms with Crippen LogP contribution < -0.4 is 4.90 Å². The van der Waals surface area contributed by atoms with Crippen LogP contribution in [0.5, 0.6) is 0 Å². The molecule has 12 aromatic carbocycles. The number of para-hydroxylation sites is 6. The minimum atomic E-state index is -0.274. The molecule has 2 aliphatic rings. The molecule has 0 saturated carbocycles. The molecule has 2 aliphatic carbocycles. The molecule has 0 fully saturated rings. The van der Waals surface area contributed by atoms with Crippen LogP contribution in [0.2, 0.25) is 0 Å². The largest absolute Gasteiger partial charge is 0.310 e. The molecule has 3 heterocycles. The second kappa shape index (κ2) is 17.2. The van der Waals surface area contributed by atoms with E-state index in [-0.39, 0.29) is 10.8 Å². The topological polar surface area (TPSA) is 18.0 Å².